The van der Waals surface area contributed by atoms with Crippen LogP contribution in [0.1, 0.15) is 22.8 Å². The lowest BCUT2D eigenvalue weighted by Gasteiger charge is -2.09. The fourth-order valence-electron chi connectivity index (χ4n) is 5.90. The summed E-state index contributed by atoms with van der Waals surface area (Å²) in [4.78, 5) is 36.5. The minimum Gasteiger partial charge on any atom is -0.255 e. The Labute approximate surface area is 325 Å². The van der Waals surface area contributed by atoms with E-state index in [2.05, 4.69) is 92.7 Å². The molecule has 0 aliphatic heterocycles. The van der Waals surface area contributed by atoms with Crippen LogP contribution >= 0.6 is 0 Å². The molecular formula is C48H34N8. The van der Waals surface area contributed by atoms with Crippen molar-refractivity contribution in [3.05, 3.63) is 205 Å². The van der Waals surface area contributed by atoms with Gasteiger partial charge in [0.2, 0.25) is 0 Å². The van der Waals surface area contributed by atoms with Crippen molar-refractivity contribution >= 4 is 47.6 Å². The fraction of sp³-hybridized carbons (Fsp3) is 0. The minimum atomic E-state index is 0.776. The molecule has 56 heavy (non-hydrogen) atoms. The van der Waals surface area contributed by atoms with E-state index in [-0.39, 0.29) is 0 Å². The van der Waals surface area contributed by atoms with Crippen molar-refractivity contribution in [3.8, 4) is 33.4 Å². The summed E-state index contributed by atoms with van der Waals surface area (Å²) in [6.07, 6.45) is 14.1. The third-order valence-electron chi connectivity index (χ3n) is 8.71. The van der Waals surface area contributed by atoms with Crippen molar-refractivity contribution in [1.29, 1.82) is 0 Å². The predicted molar refractivity (Wildman–Crippen MR) is 229 cm³/mol. The minimum absolute atomic E-state index is 0.776. The van der Waals surface area contributed by atoms with E-state index in [9.17, 15) is 0 Å². The van der Waals surface area contributed by atoms with E-state index in [4.69, 9.17) is 20.0 Å². The van der Waals surface area contributed by atoms with Gasteiger partial charge in [-0.2, -0.15) is 0 Å². The molecule has 8 nitrogen and oxygen atoms in total. The summed E-state index contributed by atoms with van der Waals surface area (Å²) in [6.45, 7) is 0. The van der Waals surface area contributed by atoms with E-state index >= 15 is 0 Å². The second kappa shape index (κ2) is 17.3. The molecule has 4 heterocycles. The van der Waals surface area contributed by atoms with Gasteiger partial charge in [-0.1, -0.05) is 72.8 Å². The average molecular weight is 723 g/mol. The van der Waals surface area contributed by atoms with Crippen LogP contribution in [0.4, 0.5) is 22.7 Å². The van der Waals surface area contributed by atoms with Crippen molar-refractivity contribution < 1.29 is 0 Å². The first-order valence-electron chi connectivity index (χ1n) is 18.0. The first-order valence-corrected chi connectivity index (χ1v) is 18.0. The fourth-order valence-corrected chi connectivity index (χ4v) is 5.90. The highest BCUT2D eigenvalue weighted by Gasteiger charge is 2.07. The van der Waals surface area contributed by atoms with Gasteiger partial charge in [0, 0.05) is 24.8 Å². The molecular weight excluding hydrogens is 689 g/mol. The average Bonchev–Trinajstić information content (AvgIpc) is 3.27. The highest BCUT2D eigenvalue weighted by molar-refractivity contribution is 5.86. The third kappa shape index (κ3) is 9.38. The zero-order valence-corrected chi connectivity index (χ0v) is 30.2. The molecule has 4 aromatic heterocycles. The van der Waals surface area contributed by atoms with Crippen molar-refractivity contribution in [3.63, 3.8) is 0 Å². The summed E-state index contributed by atoms with van der Waals surface area (Å²) < 4.78 is 0. The molecule has 0 aliphatic rings. The Morgan fingerprint density at radius 3 is 0.750 bits per heavy atom. The van der Waals surface area contributed by atoms with Gasteiger partial charge >= 0.3 is 0 Å². The Kier molecular flexibility index (Phi) is 10.9. The summed E-state index contributed by atoms with van der Waals surface area (Å²) >= 11 is 0. The van der Waals surface area contributed by atoms with Crippen molar-refractivity contribution in [2.45, 2.75) is 0 Å². The molecule has 0 spiro atoms. The van der Waals surface area contributed by atoms with Crippen LogP contribution < -0.4 is 0 Å². The van der Waals surface area contributed by atoms with E-state index in [1.807, 2.05) is 84.9 Å². The smallest absolute Gasteiger partial charge is 0.0812 e. The van der Waals surface area contributed by atoms with Crippen LogP contribution in [-0.4, -0.2) is 44.8 Å². The monoisotopic (exact) mass is 722 g/mol. The van der Waals surface area contributed by atoms with Crippen LogP contribution in [0.3, 0.4) is 0 Å². The Balaban J connectivity index is 1.06. The molecule has 0 fully saturated rings. The van der Waals surface area contributed by atoms with Gasteiger partial charge in [0.25, 0.3) is 0 Å². The van der Waals surface area contributed by atoms with Gasteiger partial charge in [-0.05, 0) is 118 Å². The lowest BCUT2D eigenvalue weighted by Crippen LogP contribution is -1.86. The van der Waals surface area contributed by atoms with Gasteiger partial charge in [0.1, 0.15) is 0 Å². The first-order chi connectivity index (χ1) is 27.7. The van der Waals surface area contributed by atoms with Crippen LogP contribution in [-0.2, 0) is 0 Å². The lowest BCUT2D eigenvalue weighted by atomic mass is 9.97. The van der Waals surface area contributed by atoms with Gasteiger partial charge in [-0.15, -0.1) is 0 Å². The SMILES string of the molecule is C(=Nc1cc(N=Cc2ccccn2)cc(-c2ccc(-c3ccc(-c4cc(N=Cc5ccccn5)cc(N=Cc5ccccn5)c4)cc3)cc2)c1)c1ccccn1. The molecule has 0 amide bonds. The zero-order valence-electron chi connectivity index (χ0n) is 30.2. The van der Waals surface area contributed by atoms with Crippen molar-refractivity contribution in [2.24, 2.45) is 20.0 Å². The molecule has 8 heteroatoms. The molecule has 8 rings (SSSR count). The van der Waals surface area contributed by atoms with Crippen LogP contribution in [0.5, 0.6) is 0 Å². The summed E-state index contributed by atoms with van der Waals surface area (Å²) in [6, 6.07) is 52.3. The van der Waals surface area contributed by atoms with E-state index in [0.29, 0.717) is 0 Å². The molecule has 0 atom stereocenters. The lowest BCUT2D eigenvalue weighted by molar-refractivity contribution is 1.30. The molecule has 8 aromatic rings. The first kappa shape index (κ1) is 35.2. The molecule has 266 valence electrons. The largest absolute Gasteiger partial charge is 0.255 e. The molecule has 0 radical (unpaired) electrons. The Morgan fingerprint density at radius 1 is 0.268 bits per heavy atom. The highest BCUT2D eigenvalue weighted by atomic mass is 14.8. The molecule has 4 aromatic carbocycles. The van der Waals surface area contributed by atoms with E-state index in [1.165, 1.54) is 0 Å². The topological polar surface area (TPSA) is 101 Å². The molecule has 0 unspecified atom stereocenters. The maximum Gasteiger partial charge on any atom is 0.0812 e. The van der Waals surface area contributed by atoms with Gasteiger partial charge in [-0.25, -0.2) is 0 Å². The van der Waals surface area contributed by atoms with Crippen LogP contribution in [0.2, 0.25) is 0 Å². The Morgan fingerprint density at radius 2 is 0.518 bits per heavy atom. The van der Waals surface area contributed by atoms with Crippen LogP contribution in [0.25, 0.3) is 33.4 Å². The molecule has 0 aliphatic carbocycles. The number of hydrogen-bond acceptors (Lipinski definition) is 8. The van der Waals surface area contributed by atoms with Crippen molar-refractivity contribution in [1.82, 2.24) is 19.9 Å². The highest BCUT2D eigenvalue weighted by Crippen LogP contribution is 2.34. The number of nitrogens with zero attached hydrogens (tertiary/aromatic N) is 8. The predicted octanol–water partition coefficient (Wildman–Crippen LogP) is 11.3. The second-order valence-corrected chi connectivity index (χ2v) is 12.7. The molecule has 0 N–H and O–H groups in total. The number of aromatic nitrogens is 4. The number of rotatable bonds is 11. The third-order valence-corrected chi connectivity index (χ3v) is 8.71. The summed E-state index contributed by atoms with van der Waals surface area (Å²) in [7, 11) is 0. The normalized spacial score (nSPS) is 11.6. The quantitative estimate of drug-likeness (QED) is 0.124. The Hall–Kier alpha value is -7.84. The van der Waals surface area contributed by atoms with E-state index < -0.39 is 0 Å². The van der Waals surface area contributed by atoms with Gasteiger partial charge in [0.05, 0.1) is 70.4 Å². The maximum atomic E-state index is 4.74. The molecule has 0 saturated carbocycles. The van der Waals surface area contributed by atoms with Crippen molar-refractivity contribution in [2.75, 3.05) is 0 Å². The van der Waals surface area contributed by atoms with Crippen LogP contribution in [0, 0.1) is 0 Å². The van der Waals surface area contributed by atoms with E-state index in [1.54, 1.807) is 49.6 Å². The van der Waals surface area contributed by atoms with E-state index in [0.717, 1.165) is 78.9 Å². The number of pyridine rings is 4. The number of benzene rings is 4. The summed E-state index contributed by atoms with van der Waals surface area (Å²) in [5, 5.41) is 0. The van der Waals surface area contributed by atoms with Gasteiger partial charge in [0.15, 0.2) is 0 Å². The molecule has 0 bridgehead atoms. The zero-order chi connectivity index (χ0) is 37.8. The number of aliphatic imine (C=N–C) groups is 4. The second-order valence-electron chi connectivity index (χ2n) is 12.7. The molecule has 0 saturated heterocycles. The summed E-state index contributed by atoms with van der Waals surface area (Å²) in [5.74, 6) is 0. The Bertz CT molecular complexity index is 2320. The number of hydrogen-bond donors (Lipinski definition) is 0. The van der Waals surface area contributed by atoms with Gasteiger partial charge < -0.3 is 0 Å². The maximum absolute atomic E-state index is 4.74. The van der Waals surface area contributed by atoms with Crippen LogP contribution in [0.15, 0.2) is 202 Å². The van der Waals surface area contributed by atoms with Gasteiger partial charge in [-0.3, -0.25) is 39.9 Å². The standard InChI is InChI=1S/C48H34N8/c1-5-21-49-41(9-1)31-53-45-25-39(26-46(29-45)54-32-42-10-2-6-22-50-42)37-17-13-35(14-18-37)36-15-19-38(20-16-36)40-27-47(55-33-43-11-3-7-23-51-43)30-48(28-40)56-34-44-12-4-8-24-52-44/h1-34H. The summed E-state index contributed by atoms with van der Waals surface area (Å²) in [5.41, 5.74) is 12.5.